The predicted molar refractivity (Wildman–Crippen MR) is 97.8 cm³/mol. The van der Waals surface area contributed by atoms with Crippen LogP contribution in [0, 0.1) is 6.92 Å². The van der Waals surface area contributed by atoms with Gasteiger partial charge in [-0.1, -0.05) is 6.07 Å². The van der Waals surface area contributed by atoms with Crippen molar-refractivity contribution in [3.05, 3.63) is 41.9 Å². The molecule has 7 heteroatoms. The van der Waals surface area contributed by atoms with Crippen LogP contribution >= 0.6 is 0 Å². The minimum atomic E-state index is -0.115. The molecule has 0 aliphatic carbocycles. The topological polar surface area (TPSA) is 83.9 Å². The fourth-order valence-electron chi connectivity index (χ4n) is 2.89. The summed E-state index contributed by atoms with van der Waals surface area (Å²) in [4.78, 5) is 16.5. The quantitative estimate of drug-likeness (QED) is 0.668. The fraction of sp³-hybridized carbons (Fsp3) is 0.500. The lowest BCUT2D eigenvalue weighted by Gasteiger charge is -2.22. The van der Waals surface area contributed by atoms with Crippen LogP contribution in [0.2, 0.25) is 0 Å². The van der Waals surface area contributed by atoms with E-state index < -0.39 is 0 Å². The summed E-state index contributed by atoms with van der Waals surface area (Å²) in [6.07, 6.45) is 6.82. The van der Waals surface area contributed by atoms with E-state index in [-0.39, 0.29) is 5.91 Å². The van der Waals surface area contributed by atoms with Crippen LogP contribution in [0.5, 0.6) is 0 Å². The Hall–Kier alpha value is -2.41. The van der Waals surface area contributed by atoms with Crippen molar-refractivity contribution < 1.29 is 4.79 Å². The highest BCUT2D eigenvalue weighted by Crippen LogP contribution is 2.15. The van der Waals surface area contributed by atoms with Crippen LogP contribution in [-0.4, -0.2) is 46.9 Å². The molecule has 3 rings (SSSR count). The molecule has 1 atom stereocenters. The molecule has 0 bridgehead atoms. The first-order chi connectivity index (χ1) is 12.2. The van der Waals surface area contributed by atoms with Crippen LogP contribution in [0.25, 0.3) is 0 Å². The Bertz CT molecular complexity index is 675. The lowest BCUT2D eigenvalue weighted by Crippen LogP contribution is -2.32. The molecule has 1 amide bonds. The molecule has 7 nitrogen and oxygen atoms in total. The van der Waals surface area contributed by atoms with Crippen LogP contribution in [0.4, 0.5) is 5.82 Å². The minimum Gasteiger partial charge on any atom is -0.370 e. The van der Waals surface area contributed by atoms with Crippen LogP contribution < -0.4 is 16.0 Å². The van der Waals surface area contributed by atoms with Crippen molar-refractivity contribution in [3.63, 3.8) is 0 Å². The highest BCUT2D eigenvalue weighted by atomic mass is 16.1. The maximum Gasteiger partial charge on any atom is 0.271 e. The Kier molecular flexibility index (Phi) is 6.00. The van der Waals surface area contributed by atoms with Gasteiger partial charge in [0, 0.05) is 32.0 Å². The zero-order chi connectivity index (χ0) is 17.5. The second-order valence-electron chi connectivity index (χ2n) is 6.44. The van der Waals surface area contributed by atoms with Crippen LogP contribution in [0.3, 0.4) is 0 Å². The third kappa shape index (κ3) is 5.03. The smallest absolute Gasteiger partial charge is 0.271 e. The standard InChI is InChI=1S/C18H26N6O/c1-14-5-6-17(22-12-14)20-9-3-10-21-18(25)16-7-11-24(23-16)15-4-2-8-19-13-15/h5-7,11-12,15,19H,2-4,8-10,13H2,1H3,(H,20,22)(H,21,25). The summed E-state index contributed by atoms with van der Waals surface area (Å²) in [6, 6.07) is 6.12. The van der Waals surface area contributed by atoms with Gasteiger partial charge in [0.25, 0.3) is 5.91 Å². The summed E-state index contributed by atoms with van der Waals surface area (Å²) in [5, 5.41) is 14.0. The molecule has 2 aromatic heterocycles. The Morgan fingerprint density at radius 3 is 3.04 bits per heavy atom. The van der Waals surface area contributed by atoms with Crippen LogP contribution in [0.1, 0.15) is 41.4 Å². The van der Waals surface area contributed by atoms with Gasteiger partial charge in [-0.15, -0.1) is 0 Å². The molecule has 0 spiro atoms. The average Bonchev–Trinajstić information content (AvgIpc) is 3.14. The number of nitrogens with one attached hydrogen (secondary N) is 3. The first kappa shape index (κ1) is 17.4. The zero-order valence-corrected chi connectivity index (χ0v) is 14.7. The van der Waals surface area contributed by atoms with Crippen molar-refractivity contribution in [1.82, 2.24) is 25.4 Å². The summed E-state index contributed by atoms with van der Waals surface area (Å²) in [5.41, 5.74) is 1.62. The molecule has 0 saturated carbocycles. The number of pyridine rings is 1. The molecule has 2 aromatic rings. The maximum absolute atomic E-state index is 12.2. The van der Waals surface area contributed by atoms with Crippen molar-refractivity contribution in [3.8, 4) is 0 Å². The number of carbonyl (C=O) groups is 1. The van der Waals surface area contributed by atoms with E-state index in [0.717, 1.165) is 50.3 Å². The van der Waals surface area contributed by atoms with Crippen LogP contribution in [-0.2, 0) is 0 Å². The molecule has 3 N–H and O–H groups in total. The third-order valence-corrected chi connectivity index (χ3v) is 4.34. The Morgan fingerprint density at radius 1 is 1.36 bits per heavy atom. The molecule has 0 radical (unpaired) electrons. The van der Waals surface area contributed by atoms with Gasteiger partial charge >= 0.3 is 0 Å². The molecule has 25 heavy (non-hydrogen) atoms. The minimum absolute atomic E-state index is 0.115. The van der Waals surface area contributed by atoms with Crippen molar-refractivity contribution in [1.29, 1.82) is 0 Å². The van der Waals surface area contributed by atoms with E-state index in [9.17, 15) is 4.79 Å². The number of nitrogens with zero attached hydrogens (tertiary/aromatic N) is 3. The normalized spacial score (nSPS) is 17.2. The zero-order valence-electron chi connectivity index (χ0n) is 14.7. The number of aromatic nitrogens is 3. The fourth-order valence-corrected chi connectivity index (χ4v) is 2.89. The first-order valence-electron chi connectivity index (χ1n) is 8.93. The van der Waals surface area contributed by atoms with E-state index in [2.05, 4.69) is 26.0 Å². The van der Waals surface area contributed by atoms with Gasteiger partial charge in [0.1, 0.15) is 11.5 Å². The maximum atomic E-state index is 12.2. The molecule has 1 unspecified atom stereocenters. The number of aryl methyl sites for hydroxylation is 1. The van der Waals surface area contributed by atoms with Gasteiger partial charge < -0.3 is 16.0 Å². The third-order valence-electron chi connectivity index (χ3n) is 4.34. The summed E-state index contributed by atoms with van der Waals surface area (Å²) in [5.74, 6) is 0.743. The van der Waals surface area contributed by atoms with E-state index in [0.29, 0.717) is 18.3 Å². The second kappa shape index (κ2) is 8.62. The van der Waals surface area contributed by atoms with E-state index >= 15 is 0 Å². The molecule has 0 aromatic carbocycles. The van der Waals surface area contributed by atoms with E-state index in [1.165, 1.54) is 0 Å². The summed E-state index contributed by atoms with van der Waals surface area (Å²) >= 11 is 0. The van der Waals surface area contributed by atoms with E-state index in [4.69, 9.17) is 0 Å². The number of rotatable bonds is 7. The summed E-state index contributed by atoms with van der Waals surface area (Å²) in [6.45, 7) is 5.37. The molecular weight excluding hydrogens is 316 g/mol. The van der Waals surface area contributed by atoms with Crippen LogP contribution in [0.15, 0.2) is 30.6 Å². The second-order valence-corrected chi connectivity index (χ2v) is 6.44. The Labute approximate surface area is 148 Å². The van der Waals surface area contributed by atoms with Gasteiger partial charge in [-0.3, -0.25) is 9.48 Å². The van der Waals surface area contributed by atoms with Gasteiger partial charge in [-0.2, -0.15) is 5.10 Å². The van der Waals surface area contributed by atoms with E-state index in [1.807, 2.05) is 36.1 Å². The summed E-state index contributed by atoms with van der Waals surface area (Å²) in [7, 11) is 0. The van der Waals surface area contributed by atoms with Gasteiger partial charge in [0.15, 0.2) is 0 Å². The highest BCUT2D eigenvalue weighted by molar-refractivity contribution is 5.92. The molecule has 134 valence electrons. The van der Waals surface area contributed by atoms with Crippen molar-refractivity contribution in [2.24, 2.45) is 0 Å². The van der Waals surface area contributed by atoms with Gasteiger partial charge in [0.2, 0.25) is 0 Å². The number of anilines is 1. The van der Waals surface area contributed by atoms with Crippen molar-refractivity contribution in [2.75, 3.05) is 31.5 Å². The van der Waals surface area contributed by atoms with Gasteiger partial charge in [-0.25, -0.2) is 4.98 Å². The average molecular weight is 342 g/mol. The highest BCUT2D eigenvalue weighted by Gasteiger charge is 2.17. The Morgan fingerprint density at radius 2 is 2.28 bits per heavy atom. The number of hydrogen-bond donors (Lipinski definition) is 3. The molecule has 1 aliphatic rings. The Balaban J connectivity index is 1.37. The molecule has 1 fully saturated rings. The molecule has 3 heterocycles. The molecule has 1 saturated heterocycles. The number of piperidine rings is 1. The first-order valence-corrected chi connectivity index (χ1v) is 8.93. The SMILES string of the molecule is Cc1ccc(NCCCNC(=O)c2ccn(C3CCCNC3)n2)nc1. The number of hydrogen-bond acceptors (Lipinski definition) is 5. The number of amides is 1. The predicted octanol–water partition coefficient (Wildman–Crippen LogP) is 1.74. The van der Waals surface area contributed by atoms with Gasteiger partial charge in [0.05, 0.1) is 6.04 Å². The monoisotopic (exact) mass is 342 g/mol. The van der Waals surface area contributed by atoms with Crippen molar-refractivity contribution >= 4 is 11.7 Å². The molecule has 1 aliphatic heterocycles. The van der Waals surface area contributed by atoms with Crippen molar-refractivity contribution in [2.45, 2.75) is 32.2 Å². The molecular formula is C18H26N6O. The largest absolute Gasteiger partial charge is 0.370 e. The van der Waals surface area contributed by atoms with Gasteiger partial charge in [-0.05, 0) is 50.4 Å². The lowest BCUT2D eigenvalue weighted by atomic mass is 10.1. The van der Waals surface area contributed by atoms with E-state index in [1.54, 1.807) is 6.07 Å². The number of carbonyl (C=O) groups excluding carboxylic acids is 1. The summed E-state index contributed by atoms with van der Waals surface area (Å²) < 4.78 is 1.91. The lowest BCUT2D eigenvalue weighted by molar-refractivity contribution is 0.0947.